The maximum Gasteiger partial charge on any atom is 0.344 e. The number of carbonyl (C=O) groups is 1. The van der Waals surface area contributed by atoms with Crippen molar-refractivity contribution in [1.29, 1.82) is 0 Å². The van der Waals surface area contributed by atoms with Crippen LogP contribution in [0.25, 0.3) is 5.76 Å². The number of aryl methyl sites for hydroxylation is 1. The largest absolute Gasteiger partial charge is 0.423 e. The summed E-state index contributed by atoms with van der Waals surface area (Å²) >= 11 is 0. The molecule has 0 atom stereocenters. The van der Waals surface area contributed by atoms with Crippen LogP contribution in [-0.2, 0) is 4.74 Å². The van der Waals surface area contributed by atoms with E-state index in [1.54, 1.807) is 0 Å². The van der Waals surface area contributed by atoms with Gasteiger partial charge in [0.25, 0.3) is 0 Å². The highest BCUT2D eigenvalue weighted by Gasteiger charge is 2.27. The molecule has 0 aliphatic carbocycles. The van der Waals surface area contributed by atoms with Gasteiger partial charge in [0.15, 0.2) is 0 Å². The first-order valence-electron chi connectivity index (χ1n) is 5.13. The minimum Gasteiger partial charge on any atom is -0.423 e. The van der Waals surface area contributed by atoms with Crippen molar-refractivity contribution in [3.63, 3.8) is 0 Å². The lowest BCUT2D eigenvalue weighted by Gasteiger charge is -2.00. The van der Waals surface area contributed by atoms with E-state index in [9.17, 15) is 4.79 Å². The first-order valence-corrected chi connectivity index (χ1v) is 5.13. The van der Waals surface area contributed by atoms with Crippen LogP contribution in [0, 0.1) is 12.8 Å². The molecule has 0 unspecified atom stereocenters. The van der Waals surface area contributed by atoms with Crippen LogP contribution in [0.2, 0.25) is 0 Å². The zero-order chi connectivity index (χ0) is 11.0. The Labute approximate surface area is 89.6 Å². The van der Waals surface area contributed by atoms with Crippen LogP contribution in [0.15, 0.2) is 24.3 Å². The molecular weight excluding hydrogens is 188 g/mol. The smallest absolute Gasteiger partial charge is 0.344 e. The summed E-state index contributed by atoms with van der Waals surface area (Å²) in [4.78, 5) is 11.6. The first-order chi connectivity index (χ1) is 7.09. The SMILES string of the molecule is Cc1cccc2c1C(=O)O/C2=C\C(C)C. The Bertz CT molecular complexity index is 442. The molecule has 2 rings (SSSR count). The van der Waals surface area contributed by atoms with E-state index in [0.29, 0.717) is 17.2 Å². The van der Waals surface area contributed by atoms with Gasteiger partial charge in [-0.2, -0.15) is 0 Å². The van der Waals surface area contributed by atoms with E-state index >= 15 is 0 Å². The summed E-state index contributed by atoms with van der Waals surface area (Å²) in [6.45, 7) is 6.06. The monoisotopic (exact) mass is 202 g/mol. The maximum absolute atomic E-state index is 11.6. The lowest BCUT2D eigenvalue weighted by atomic mass is 10.0. The van der Waals surface area contributed by atoms with E-state index in [1.807, 2.05) is 31.2 Å². The minimum atomic E-state index is -0.227. The fraction of sp³-hybridized carbons (Fsp3) is 0.308. The topological polar surface area (TPSA) is 26.3 Å². The summed E-state index contributed by atoms with van der Waals surface area (Å²) < 4.78 is 5.25. The molecule has 78 valence electrons. The number of ether oxygens (including phenoxy) is 1. The number of allylic oxidation sites excluding steroid dienone is 1. The van der Waals surface area contributed by atoms with Gasteiger partial charge in [-0.1, -0.05) is 32.0 Å². The number of hydrogen-bond acceptors (Lipinski definition) is 2. The summed E-state index contributed by atoms with van der Waals surface area (Å²) in [5.41, 5.74) is 2.61. The van der Waals surface area contributed by atoms with Gasteiger partial charge in [0, 0.05) is 5.56 Å². The van der Waals surface area contributed by atoms with Crippen LogP contribution in [0.4, 0.5) is 0 Å². The Hall–Kier alpha value is -1.57. The normalized spacial score (nSPS) is 17.1. The molecule has 0 spiro atoms. The Balaban J connectivity index is 2.56. The highest BCUT2D eigenvalue weighted by Crippen LogP contribution is 2.32. The Morgan fingerprint density at radius 2 is 2.07 bits per heavy atom. The number of esters is 1. The molecule has 0 N–H and O–H groups in total. The van der Waals surface area contributed by atoms with Crippen LogP contribution in [0.5, 0.6) is 0 Å². The summed E-state index contributed by atoms with van der Waals surface area (Å²) in [6.07, 6.45) is 1.98. The molecular formula is C13H14O2. The molecule has 15 heavy (non-hydrogen) atoms. The minimum absolute atomic E-state index is 0.227. The van der Waals surface area contributed by atoms with E-state index in [1.165, 1.54) is 0 Å². The van der Waals surface area contributed by atoms with E-state index in [0.717, 1.165) is 11.1 Å². The molecule has 0 aromatic heterocycles. The maximum atomic E-state index is 11.6. The molecule has 1 aliphatic heterocycles. The molecule has 0 amide bonds. The molecule has 1 aliphatic rings. The highest BCUT2D eigenvalue weighted by molar-refractivity contribution is 6.04. The second-order valence-corrected chi connectivity index (χ2v) is 4.16. The number of rotatable bonds is 1. The van der Waals surface area contributed by atoms with Crippen molar-refractivity contribution in [2.45, 2.75) is 20.8 Å². The summed E-state index contributed by atoms with van der Waals surface area (Å²) in [5.74, 6) is 0.850. The molecule has 1 heterocycles. The molecule has 2 heteroatoms. The van der Waals surface area contributed by atoms with Crippen LogP contribution in [0.1, 0.15) is 35.3 Å². The Kier molecular flexibility index (Phi) is 2.35. The van der Waals surface area contributed by atoms with Gasteiger partial charge < -0.3 is 4.74 Å². The second kappa shape index (κ2) is 3.54. The second-order valence-electron chi connectivity index (χ2n) is 4.16. The molecule has 0 saturated heterocycles. The van der Waals surface area contributed by atoms with E-state index < -0.39 is 0 Å². The quantitative estimate of drug-likeness (QED) is 0.654. The van der Waals surface area contributed by atoms with Gasteiger partial charge in [-0.05, 0) is 24.5 Å². The van der Waals surface area contributed by atoms with Crippen LogP contribution in [-0.4, -0.2) is 5.97 Å². The van der Waals surface area contributed by atoms with Gasteiger partial charge in [0.2, 0.25) is 0 Å². The predicted molar refractivity (Wildman–Crippen MR) is 59.4 cm³/mol. The number of benzene rings is 1. The molecule has 0 radical (unpaired) electrons. The third kappa shape index (κ3) is 1.67. The predicted octanol–water partition coefficient (Wildman–Crippen LogP) is 3.16. The van der Waals surface area contributed by atoms with Crippen LogP contribution < -0.4 is 0 Å². The molecule has 0 bridgehead atoms. The summed E-state index contributed by atoms with van der Waals surface area (Å²) in [6, 6.07) is 5.81. The average Bonchev–Trinajstić information content (AvgIpc) is 2.44. The number of carbonyl (C=O) groups excluding carboxylic acids is 1. The highest BCUT2D eigenvalue weighted by atomic mass is 16.5. The molecule has 2 nitrogen and oxygen atoms in total. The van der Waals surface area contributed by atoms with Crippen molar-refractivity contribution in [1.82, 2.24) is 0 Å². The van der Waals surface area contributed by atoms with Crippen molar-refractivity contribution in [2.75, 3.05) is 0 Å². The Morgan fingerprint density at radius 3 is 2.73 bits per heavy atom. The van der Waals surface area contributed by atoms with Crippen molar-refractivity contribution < 1.29 is 9.53 Å². The third-order valence-electron chi connectivity index (χ3n) is 2.43. The van der Waals surface area contributed by atoms with Crippen LogP contribution in [0.3, 0.4) is 0 Å². The van der Waals surface area contributed by atoms with Gasteiger partial charge >= 0.3 is 5.97 Å². The van der Waals surface area contributed by atoms with E-state index in [2.05, 4.69) is 13.8 Å². The first kappa shape index (κ1) is 9.97. The molecule has 0 fully saturated rings. The lowest BCUT2D eigenvalue weighted by molar-refractivity contribution is 0.0714. The molecule has 1 aromatic rings. The Morgan fingerprint density at radius 1 is 1.33 bits per heavy atom. The average molecular weight is 202 g/mol. The van der Waals surface area contributed by atoms with Crippen molar-refractivity contribution in [2.24, 2.45) is 5.92 Å². The van der Waals surface area contributed by atoms with Crippen molar-refractivity contribution in [3.8, 4) is 0 Å². The van der Waals surface area contributed by atoms with E-state index in [4.69, 9.17) is 4.74 Å². The lowest BCUT2D eigenvalue weighted by Crippen LogP contribution is -1.96. The molecule has 1 aromatic carbocycles. The molecule has 0 saturated carbocycles. The van der Waals surface area contributed by atoms with Crippen LogP contribution >= 0.6 is 0 Å². The third-order valence-corrected chi connectivity index (χ3v) is 2.43. The summed E-state index contributed by atoms with van der Waals surface area (Å²) in [5, 5.41) is 0. The number of fused-ring (bicyclic) bond motifs is 1. The van der Waals surface area contributed by atoms with Gasteiger partial charge in [-0.3, -0.25) is 0 Å². The standard InChI is InChI=1S/C13H14O2/c1-8(2)7-11-10-6-4-5-9(3)12(10)13(14)15-11/h4-8H,1-3H3/b11-7-. The fourth-order valence-electron chi connectivity index (χ4n) is 1.78. The number of cyclic esters (lactones) is 1. The van der Waals surface area contributed by atoms with Gasteiger partial charge in [-0.25, -0.2) is 4.79 Å². The summed E-state index contributed by atoms with van der Waals surface area (Å²) in [7, 11) is 0. The van der Waals surface area contributed by atoms with Gasteiger partial charge in [0.05, 0.1) is 5.56 Å². The van der Waals surface area contributed by atoms with Gasteiger partial charge in [-0.15, -0.1) is 0 Å². The fourth-order valence-corrected chi connectivity index (χ4v) is 1.78. The van der Waals surface area contributed by atoms with Crippen molar-refractivity contribution in [3.05, 3.63) is 41.0 Å². The van der Waals surface area contributed by atoms with Crippen molar-refractivity contribution >= 4 is 11.7 Å². The van der Waals surface area contributed by atoms with E-state index in [-0.39, 0.29) is 5.97 Å². The zero-order valence-corrected chi connectivity index (χ0v) is 9.20. The van der Waals surface area contributed by atoms with Gasteiger partial charge in [0.1, 0.15) is 5.76 Å². The number of hydrogen-bond donors (Lipinski definition) is 0. The zero-order valence-electron chi connectivity index (χ0n) is 9.20.